The fraction of sp³-hybridized carbons (Fsp3) is 0.409. The van der Waals surface area contributed by atoms with Gasteiger partial charge < -0.3 is 4.57 Å². The molecular weight excluding hydrogens is 306 g/mol. The predicted molar refractivity (Wildman–Crippen MR) is 103 cm³/mol. The van der Waals surface area contributed by atoms with Crippen LogP contribution in [0.5, 0.6) is 0 Å². The number of aromatic nitrogens is 2. The molecule has 25 heavy (non-hydrogen) atoms. The number of para-hydroxylation sites is 2. The molecule has 2 aromatic carbocycles. The van der Waals surface area contributed by atoms with Crippen LogP contribution in [0.2, 0.25) is 0 Å². The van der Waals surface area contributed by atoms with E-state index in [1.165, 1.54) is 49.3 Å². The molecule has 1 unspecified atom stereocenters. The molecular formula is C22H27N3. The number of nitrogens with zero attached hydrogens (tertiary/aromatic N) is 3. The second-order valence-electron chi connectivity index (χ2n) is 7.34. The molecule has 3 aromatic rings. The molecule has 3 heteroatoms. The lowest BCUT2D eigenvalue weighted by atomic mass is 9.96. The number of imidazole rings is 1. The van der Waals surface area contributed by atoms with E-state index in [0.29, 0.717) is 0 Å². The first-order valence-corrected chi connectivity index (χ1v) is 9.46. The van der Waals surface area contributed by atoms with Crippen molar-refractivity contribution < 1.29 is 0 Å². The summed E-state index contributed by atoms with van der Waals surface area (Å²) in [5.41, 5.74) is 3.80. The minimum Gasteiger partial charge on any atom is -0.331 e. The van der Waals surface area contributed by atoms with Crippen molar-refractivity contribution in [2.45, 2.75) is 32.2 Å². The van der Waals surface area contributed by atoms with E-state index in [4.69, 9.17) is 4.98 Å². The molecule has 1 aromatic heterocycles. The molecule has 0 amide bonds. The molecule has 130 valence electrons. The first-order chi connectivity index (χ1) is 12.3. The SMILES string of the molecule is Cn1c(CC2CCCN(Cc3ccccc3)CC2)nc2ccccc21. The van der Waals surface area contributed by atoms with E-state index >= 15 is 0 Å². The van der Waals surface area contributed by atoms with Gasteiger partial charge in [0, 0.05) is 20.0 Å². The van der Waals surface area contributed by atoms with Crippen LogP contribution in [0, 0.1) is 5.92 Å². The van der Waals surface area contributed by atoms with Gasteiger partial charge in [0.1, 0.15) is 5.82 Å². The lowest BCUT2D eigenvalue weighted by Crippen LogP contribution is -2.24. The van der Waals surface area contributed by atoms with E-state index in [9.17, 15) is 0 Å². The Morgan fingerprint density at radius 3 is 2.60 bits per heavy atom. The number of fused-ring (bicyclic) bond motifs is 1. The minimum atomic E-state index is 0.747. The van der Waals surface area contributed by atoms with E-state index < -0.39 is 0 Å². The standard InChI is InChI=1S/C22H27N3/c1-24-21-12-6-5-11-20(21)23-22(24)16-18-10-7-14-25(15-13-18)17-19-8-3-2-4-9-19/h2-6,8-9,11-12,18H,7,10,13-17H2,1H3. The van der Waals surface area contributed by atoms with Crippen LogP contribution in [-0.2, 0) is 20.0 Å². The Morgan fingerprint density at radius 1 is 0.960 bits per heavy atom. The highest BCUT2D eigenvalue weighted by Crippen LogP contribution is 2.24. The Hall–Kier alpha value is -2.13. The summed E-state index contributed by atoms with van der Waals surface area (Å²) in [7, 11) is 2.16. The summed E-state index contributed by atoms with van der Waals surface area (Å²) in [4.78, 5) is 7.49. The molecule has 0 saturated carbocycles. The van der Waals surface area contributed by atoms with Crippen molar-refractivity contribution in [2.24, 2.45) is 13.0 Å². The van der Waals surface area contributed by atoms with Crippen LogP contribution in [0.3, 0.4) is 0 Å². The number of likely N-dealkylation sites (tertiary alicyclic amines) is 1. The molecule has 1 saturated heterocycles. The predicted octanol–water partition coefficient (Wildman–Crippen LogP) is 4.42. The summed E-state index contributed by atoms with van der Waals surface area (Å²) in [5, 5.41) is 0. The third-order valence-electron chi connectivity index (χ3n) is 5.54. The average molecular weight is 333 g/mol. The maximum absolute atomic E-state index is 4.87. The molecule has 3 nitrogen and oxygen atoms in total. The Bertz CT molecular complexity index is 822. The van der Waals surface area contributed by atoms with Gasteiger partial charge in [-0.2, -0.15) is 0 Å². The highest BCUT2D eigenvalue weighted by atomic mass is 15.1. The third kappa shape index (κ3) is 3.77. The van der Waals surface area contributed by atoms with E-state index in [1.807, 2.05) is 0 Å². The normalized spacial score (nSPS) is 19.2. The lowest BCUT2D eigenvalue weighted by molar-refractivity contribution is 0.272. The summed E-state index contributed by atoms with van der Waals surface area (Å²) in [6.45, 7) is 3.50. The van der Waals surface area contributed by atoms with E-state index in [1.54, 1.807) is 0 Å². The van der Waals surface area contributed by atoms with Gasteiger partial charge in [-0.3, -0.25) is 4.90 Å². The molecule has 0 radical (unpaired) electrons. The van der Waals surface area contributed by atoms with Crippen LogP contribution in [0.25, 0.3) is 11.0 Å². The molecule has 2 heterocycles. The summed E-state index contributed by atoms with van der Waals surface area (Å²) in [6, 6.07) is 19.3. The van der Waals surface area contributed by atoms with Crippen molar-refractivity contribution in [3.63, 3.8) is 0 Å². The van der Waals surface area contributed by atoms with Crippen molar-refractivity contribution >= 4 is 11.0 Å². The van der Waals surface area contributed by atoms with Crippen molar-refractivity contribution in [1.29, 1.82) is 0 Å². The van der Waals surface area contributed by atoms with Crippen LogP contribution in [0.15, 0.2) is 54.6 Å². The molecule has 0 spiro atoms. The zero-order valence-electron chi connectivity index (χ0n) is 15.1. The average Bonchev–Trinajstić information content (AvgIpc) is 2.80. The van der Waals surface area contributed by atoms with Gasteiger partial charge in [-0.05, 0) is 56.0 Å². The van der Waals surface area contributed by atoms with E-state index in [-0.39, 0.29) is 0 Å². The van der Waals surface area contributed by atoms with Crippen molar-refractivity contribution in [3.8, 4) is 0 Å². The van der Waals surface area contributed by atoms with Gasteiger partial charge in [-0.1, -0.05) is 42.5 Å². The number of hydrogen-bond acceptors (Lipinski definition) is 2. The van der Waals surface area contributed by atoms with E-state index in [0.717, 1.165) is 24.4 Å². The van der Waals surface area contributed by atoms with Gasteiger partial charge in [0.05, 0.1) is 11.0 Å². The highest BCUT2D eigenvalue weighted by Gasteiger charge is 2.19. The van der Waals surface area contributed by atoms with Gasteiger partial charge >= 0.3 is 0 Å². The molecule has 4 rings (SSSR count). The smallest absolute Gasteiger partial charge is 0.109 e. The van der Waals surface area contributed by atoms with Crippen LogP contribution in [0.1, 0.15) is 30.7 Å². The molecule has 0 bridgehead atoms. The van der Waals surface area contributed by atoms with Gasteiger partial charge in [-0.15, -0.1) is 0 Å². The Morgan fingerprint density at radius 2 is 1.76 bits per heavy atom. The molecule has 0 aliphatic carbocycles. The molecule has 0 N–H and O–H groups in total. The van der Waals surface area contributed by atoms with Crippen LogP contribution < -0.4 is 0 Å². The number of hydrogen-bond donors (Lipinski definition) is 0. The summed E-state index contributed by atoms with van der Waals surface area (Å²) < 4.78 is 2.28. The fourth-order valence-electron chi connectivity index (χ4n) is 4.06. The minimum absolute atomic E-state index is 0.747. The Kier molecular flexibility index (Phi) is 4.84. The zero-order valence-corrected chi connectivity index (χ0v) is 15.1. The summed E-state index contributed by atoms with van der Waals surface area (Å²) >= 11 is 0. The van der Waals surface area contributed by atoms with Gasteiger partial charge in [0.2, 0.25) is 0 Å². The Balaban J connectivity index is 1.40. The molecule has 1 aliphatic heterocycles. The van der Waals surface area contributed by atoms with Crippen molar-refractivity contribution in [3.05, 3.63) is 66.0 Å². The number of benzene rings is 2. The van der Waals surface area contributed by atoms with Crippen molar-refractivity contribution in [2.75, 3.05) is 13.1 Å². The second kappa shape index (κ2) is 7.40. The first-order valence-electron chi connectivity index (χ1n) is 9.46. The molecule has 1 atom stereocenters. The van der Waals surface area contributed by atoms with Crippen LogP contribution in [0.4, 0.5) is 0 Å². The number of aryl methyl sites for hydroxylation is 1. The van der Waals surface area contributed by atoms with Crippen LogP contribution >= 0.6 is 0 Å². The monoisotopic (exact) mass is 333 g/mol. The largest absolute Gasteiger partial charge is 0.331 e. The van der Waals surface area contributed by atoms with Crippen molar-refractivity contribution in [1.82, 2.24) is 14.5 Å². The van der Waals surface area contributed by atoms with Gasteiger partial charge in [0.25, 0.3) is 0 Å². The van der Waals surface area contributed by atoms with E-state index in [2.05, 4.69) is 71.1 Å². The fourth-order valence-corrected chi connectivity index (χ4v) is 4.06. The zero-order chi connectivity index (χ0) is 17.1. The first kappa shape index (κ1) is 16.3. The van der Waals surface area contributed by atoms with Gasteiger partial charge in [0.15, 0.2) is 0 Å². The second-order valence-corrected chi connectivity index (χ2v) is 7.34. The lowest BCUT2D eigenvalue weighted by Gasteiger charge is -2.20. The maximum Gasteiger partial charge on any atom is 0.109 e. The highest BCUT2D eigenvalue weighted by molar-refractivity contribution is 5.75. The maximum atomic E-state index is 4.87. The quantitative estimate of drug-likeness (QED) is 0.705. The Labute approximate surface area is 150 Å². The molecule has 1 aliphatic rings. The summed E-state index contributed by atoms with van der Waals surface area (Å²) in [5.74, 6) is 1.99. The third-order valence-corrected chi connectivity index (χ3v) is 5.54. The number of rotatable bonds is 4. The molecule has 1 fully saturated rings. The van der Waals surface area contributed by atoms with Gasteiger partial charge in [-0.25, -0.2) is 4.98 Å². The van der Waals surface area contributed by atoms with Crippen LogP contribution in [-0.4, -0.2) is 27.5 Å². The summed E-state index contributed by atoms with van der Waals surface area (Å²) in [6.07, 6.45) is 4.98. The topological polar surface area (TPSA) is 21.1 Å².